The van der Waals surface area contributed by atoms with Crippen LogP contribution in [0.5, 0.6) is 5.75 Å². The van der Waals surface area contributed by atoms with Crippen LogP contribution in [0.25, 0.3) is 0 Å². The number of rotatable bonds is 6. The fraction of sp³-hybridized carbons (Fsp3) is 0.0476. The summed E-state index contributed by atoms with van der Waals surface area (Å²) in [6, 6.07) is 21.0. The summed E-state index contributed by atoms with van der Waals surface area (Å²) in [5.41, 5.74) is 1.41. The Kier molecular flexibility index (Phi) is 6.68. The van der Waals surface area contributed by atoms with Gasteiger partial charge >= 0.3 is 0 Å². The highest BCUT2D eigenvalue weighted by atomic mass is 79.9. The average Bonchev–Trinajstić information content (AvgIpc) is 2.68. The first-order valence-electron chi connectivity index (χ1n) is 8.36. The Labute approximate surface area is 175 Å². The van der Waals surface area contributed by atoms with Crippen molar-refractivity contribution in [2.75, 3.05) is 17.2 Å². The lowest BCUT2D eigenvalue weighted by atomic mass is 10.1. The Balaban J connectivity index is 1.65. The molecule has 0 unspecified atom stereocenters. The summed E-state index contributed by atoms with van der Waals surface area (Å²) in [6.45, 7) is -0.240. The number of benzene rings is 3. The molecule has 3 aromatic carbocycles. The summed E-state index contributed by atoms with van der Waals surface area (Å²) in [7, 11) is 0. The van der Waals surface area contributed by atoms with E-state index in [2.05, 4.69) is 26.6 Å². The van der Waals surface area contributed by atoms with Gasteiger partial charge in [-0.2, -0.15) is 0 Å². The van der Waals surface area contributed by atoms with Crippen molar-refractivity contribution in [3.05, 3.63) is 87.9 Å². The highest BCUT2D eigenvalue weighted by Crippen LogP contribution is 2.27. The van der Waals surface area contributed by atoms with Crippen LogP contribution in [0.2, 0.25) is 5.02 Å². The van der Waals surface area contributed by atoms with Crippen LogP contribution in [0.1, 0.15) is 10.4 Å². The summed E-state index contributed by atoms with van der Waals surface area (Å²) in [4.78, 5) is 24.8. The van der Waals surface area contributed by atoms with E-state index < -0.39 is 5.91 Å². The van der Waals surface area contributed by atoms with Crippen LogP contribution in [0.15, 0.2) is 77.3 Å². The molecule has 3 aromatic rings. The fourth-order valence-electron chi connectivity index (χ4n) is 2.43. The third kappa shape index (κ3) is 5.34. The first-order valence-corrected chi connectivity index (χ1v) is 9.53. The van der Waals surface area contributed by atoms with Gasteiger partial charge in [-0.3, -0.25) is 9.59 Å². The van der Waals surface area contributed by atoms with Crippen LogP contribution in [0, 0.1) is 0 Å². The van der Waals surface area contributed by atoms with Crippen molar-refractivity contribution >= 4 is 50.7 Å². The molecule has 0 heterocycles. The van der Waals surface area contributed by atoms with E-state index in [0.29, 0.717) is 27.7 Å². The van der Waals surface area contributed by atoms with Crippen molar-refractivity contribution < 1.29 is 14.3 Å². The van der Waals surface area contributed by atoms with Crippen molar-refractivity contribution in [3.8, 4) is 5.75 Å². The first kappa shape index (κ1) is 19.9. The zero-order valence-corrected chi connectivity index (χ0v) is 17.0. The van der Waals surface area contributed by atoms with E-state index >= 15 is 0 Å². The molecule has 0 aliphatic rings. The Hall–Kier alpha value is -2.83. The zero-order valence-electron chi connectivity index (χ0n) is 14.6. The van der Waals surface area contributed by atoms with E-state index in [9.17, 15) is 9.59 Å². The zero-order chi connectivity index (χ0) is 19.9. The van der Waals surface area contributed by atoms with Crippen LogP contribution < -0.4 is 15.4 Å². The van der Waals surface area contributed by atoms with Gasteiger partial charge in [-0.25, -0.2) is 0 Å². The van der Waals surface area contributed by atoms with Gasteiger partial charge in [-0.15, -0.1) is 0 Å². The predicted molar refractivity (Wildman–Crippen MR) is 114 cm³/mol. The molecule has 2 N–H and O–H groups in total. The molecule has 0 spiro atoms. The van der Waals surface area contributed by atoms with Gasteiger partial charge in [0.15, 0.2) is 6.61 Å². The summed E-state index contributed by atoms with van der Waals surface area (Å²) in [5, 5.41) is 5.89. The second-order valence-corrected chi connectivity index (χ2v) is 7.10. The van der Waals surface area contributed by atoms with Gasteiger partial charge in [0.1, 0.15) is 5.75 Å². The van der Waals surface area contributed by atoms with Crippen molar-refractivity contribution in [1.29, 1.82) is 0 Å². The third-order valence-corrected chi connectivity index (χ3v) is 4.52. The molecule has 0 fully saturated rings. The van der Waals surface area contributed by atoms with E-state index in [0.717, 1.165) is 4.47 Å². The number of carbonyl (C=O) groups is 2. The van der Waals surface area contributed by atoms with Crippen LogP contribution in [0.4, 0.5) is 11.4 Å². The monoisotopic (exact) mass is 458 g/mol. The van der Waals surface area contributed by atoms with Crippen LogP contribution in [-0.4, -0.2) is 18.4 Å². The molecular weight excluding hydrogens is 444 g/mol. The van der Waals surface area contributed by atoms with E-state index in [-0.39, 0.29) is 12.5 Å². The molecule has 0 aromatic heterocycles. The first-order chi connectivity index (χ1) is 13.5. The largest absolute Gasteiger partial charge is 0.482 e. The van der Waals surface area contributed by atoms with Crippen molar-refractivity contribution in [2.45, 2.75) is 0 Å². The molecule has 0 aliphatic heterocycles. The Morgan fingerprint density at radius 1 is 0.929 bits per heavy atom. The highest BCUT2D eigenvalue weighted by Gasteiger charge is 2.14. The molecule has 7 heteroatoms. The molecule has 0 radical (unpaired) electrons. The van der Waals surface area contributed by atoms with E-state index in [1.165, 1.54) is 0 Å². The molecule has 0 saturated heterocycles. The number of nitrogens with one attached hydrogen (secondary N) is 2. The highest BCUT2D eigenvalue weighted by molar-refractivity contribution is 9.10. The number of amides is 2. The second-order valence-electron chi connectivity index (χ2n) is 5.78. The SMILES string of the molecule is O=C(COc1ccc(Br)cc1Cl)Nc1ccccc1C(=O)Nc1ccccc1. The number of para-hydroxylation sites is 2. The third-order valence-electron chi connectivity index (χ3n) is 3.73. The Morgan fingerprint density at radius 3 is 2.39 bits per heavy atom. The van der Waals surface area contributed by atoms with Crippen molar-refractivity contribution in [2.24, 2.45) is 0 Å². The predicted octanol–water partition coefficient (Wildman–Crippen LogP) is 5.37. The van der Waals surface area contributed by atoms with Crippen LogP contribution >= 0.6 is 27.5 Å². The molecular formula is C21H16BrClN2O3. The number of ether oxygens (including phenoxy) is 1. The minimum atomic E-state index is -0.404. The van der Waals surface area contributed by atoms with Gasteiger partial charge < -0.3 is 15.4 Å². The standard InChI is InChI=1S/C21H16BrClN2O3/c22-14-10-11-19(17(23)12-14)28-13-20(26)25-18-9-5-4-8-16(18)21(27)24-15-6-2-1-3-7-15/h1-12H,13H2,(H,24,27)(H,25,26). The van der Waals surface area contributed by atoms with Gasteiger partial charge in [-0.05, 0) is 42.5 Å². The smallest absolute Gasteiger partial charge is 0.262 e. The number of hydrogen-bond acceptors (Lipinski definition) is 3. The lowest BCUT2D eigenvalue weighted by molar-refractivity contribution is -0.118. The molecule has 0 atom stereocenters. The van der Waals surface area contributed by atoms with Crippen LogP contribution in [-0.2, 0) is 4.79 Å². The number of anilines is 2. The Morgan fingerprint density at radius 2 is 1.64 bits per heavy atom. The van der Waals surface area contributed by atoms with Gasteiger partial charge in [0.05, 0.1) is 16.3 Å². The maximum atomic E-state index is 12.6. The number of hydrogen-bond donors (Lipinski definition) is 2. The van der Waals surface area contributed by atoms with E-state index in [1.54, 1.807) is 54.6 Å². The van der Waals surface area contributed by atoms with E-state index in [4.69, 9.17) is 16.3 Å². The molecule has 5 nitrogen and oxygen atoms in total. The quantitative estimate of drug-likeness (QED) is 0.520. The number of halogens is 2. The molecule has 0 aliphatic carbocycles. The molecule has 2 amide bonds. The van der Waals surface area contributed by atoms with Gasteiger partial charge in [0.25, 0.3) is 11.8 Å². The average molecular weight is 460 g/mol. The minimum absolute atomic E-state index is 0.240. The lowest BCUT2D eigenvalue weighted by Crippen LogP contribution is -2.22. The maximum absolute atomic E-state index is 12.6. The lowest BCUT2D eigenvalue weighted by Gasteiger charge is -2.12. The van der Waals surface area contributed by atoms with Crippen molar-refractivity contribution in [1.82, 2.24) is 0 Å². The minimum Gasteiger partial charge on any atom is -0.482 e. The summed E-state index contributed by atoms with van der Waals surface area (Å²) in [5.74, 6) is -0.326. The summed E-state index contributed by atoms with van der Waals surface area (Å²) >= 11 is 9.39. The molecule has 0 saturated carbocycles. The van der Waals surface area contributed by atoms with Gasteiger partial charge in [0.2, 0.25) is 0 Å². The maximum Gasteiger partial charge on any atom is 0.262 e. The normalized spacial score (nSPS) is 10.2. The Bertz CT molecular complexity index is 996. The van der Waals surface area contributed by atoms with E-state index in [1.807, 2.05) is 18.2 Å². The number of carbonyl (C=O) groups excluding carboxylic acids is 2. The van der Waals surface area contributed by atoms with Crippen LogP contribution in [0.3, 0.4) is 0 Å². The molecule has 3 rings (SSSR count). The molecule has 28 heavy (non-hydrogen) atoms. The van der Waals surface area contributed by atoms with Gasteiger partial charge in [0, 0.05) is 10.2 Å². The topological polar surface area (TPSA) is 67.4 Å². The molecule has 0 bridgehead atoms. The summed E-state index contributed by atoms with van der Waals surface area (Å²) in [6.07, 6.45) is 0. The summed E-state index contributed by atoms with van der Waals surface area (Å²) < 4.78 is 6.27. The second kappa shape index (κ2) is 9.39. The van der Waals surface area contributed by atoms with Gasteiger partial charge in [-0.1, -0.05) is 57.9 Å². The molecule has 142 valence electrons. The fourth-order valence-corrected chi connectivity index (χ4v) is 3.16. The van der Waals surface area contributed by atoms with Crippen molar-refractivity contribution in [3.63, 3.8) is 0 Å².